The van der Waals surface area contributed by atoms with Crippen molar-refractivity contribution in [2.75, 3.05) is 37.7 Å². The largest absolute Gasteiger partial charge is 0.379 e. The predicted molar refractivity (Wildman–Crippen MR) is 95.3 cm³/mol. The van der Waals surface area contributed by atoms with Gasteiger partial charge in [-0.1, -0.05) is 6.42 Å². The summed E-state index contributed by atoms with van der Waals surface area (Å²) >= 11 is 0. The average molecular weight is 333 g/mol. The molecule has 0 amide bonds. The first kappa shape index (κ1) is 16.4. The van der Waals surface area contributed by atoms with Crippen molar-refractivity contribution in [3.8, 4) is 0 Å². The van der Waals surface area contributed by atoms with E-state index in [0.29, 0.717) is 18.1 Å². The molecule has 1 aliphatic carbocycles. The number of aryl methyl sites for hydroxylation is 1. The van der Waals surface area contributed by atoms with Gasteiger partial charge in [-0.2, -0.15) is 5.10 Å². The summed E-state index contributed by atoms with van der Waals surface area (Å²) in [5.74, 6) is 0.721. The molecule has 6 heteroatoms. The molecular weight excluding hydrogens is 302 g/mol. The molecule has 4 atom stereocenters. The third kappa shape index (κ3) is 3.60. The molecule has 4 unspecified atom stereocenters. The minimum atomic E-state index is 0.539. The van der Waals surface area contributed by atoms with Crippen LogP contribution in [-0.2, 0) is 11.8 Å². The molecule has 2 N–H and O–H groups in total. The van der Waals surface area contributed by atoms with Crippen molar-refractivity contribution >= 4 is 5.69 Å². The molecule has 0 bridgehead atoms. The molecule has 2 aliphatic heterocycles. The number of ether oxygens (including phenoxy) is 1. The van der Waals surface area contributed by atoms with Gasteiger partial charge < -0.3 is 20.3 Å². The Morgan fingerprint density at radius 2 is 2.25 bits per heavy atom. The lowest BCUT2D eigenvalue weighted by molar-refractivity contribution is 0.0515. The average Bonchev–Trinajstić information content (AvgIpc) is 3.25. The number of piperidine rings is 1. The number of rotatable bonds is 4. The minimum absolute atomic E-state index is 0.539. The van der Waals surface area contributed by atoms with Gasteiger partial charge in [0.25, 0.3) is 0 Å². The van der Waals surface area contributed by atoms with Crippen LogP contribution in [0.25, 0.3) is 0 Å². The van der Waals surface area contributed by atoms with Crippen molar-refractivity contribution in [3.63, 3.8) is 0 Å². The fraction of sp³-hybridized carbons (Fsp3) is 0.833. The minimum Gasteiger partial charge on any atom is -0.379 e. The van der Waals surface area contributed by atoms with Gasteiger partial charge in [-0.25, -0.2) is 0 Å². The topological polar surface area (TPSA) is 54.4 Å². The molecule has 0 radical (unpaired) electrons. The molecule has 3 fully saturated rings. The van der Waals surface area contributed by atoms with Gasteiger partial charge in [0.15, 0.2) is 0 Å². The molecular formula is C18H31N5O. The third-order valence-corrected chi connectivity index (χ3v) is 5.96. The maximum atomic E-state index is 5.70. The van der Waals surface area contributed by atoms with Crippen LogP contribution < -0.4 is 15.5 Å². The lowest BCUT2D eigenvalue weighted by Crippen LogP contribution is -2.55. The third-order valence-electron chi connectivity index (χ3n) is 5.96. The van der Waals surface area contributed by atoms with Crippen LogP contribution in [0.4, 0.5) is 5.69 Å². The Morgan fingerprint density at radius 1 is 1.29 bits per heavy atom. The van der Waals surface area contributed by atoms with E-state index in [1.54, 1.807) is 0 Å². The second kappa shape index (κ2) is 7.42. The first-order chi connectivity index (χ1) is 11.8. The van der Waals surface area contributed by atoms with Crippen LogP contribution >= 0.6 is 0 Å². The highest BCUT2D eigenvalue weighted by Crippen LogP contribution is 2.31. The molecule has 1 aromatic heterocycles. The highest BCUT2D eigenvalue weighted by atomic mass is 16.5. The second-order valence-corrected chi connectivity index (χ2v) is 7.66. The smallest absolute Gasteiger partial charge is 0.0752 e. The van der Waals surface area contributed by atoms with Gasteiger partial charge in [-0.3, -0.25) is 4.68 Å². The van der Waals surface area contributed by atoms with Crippen LogP contribution in [0, 0.1) is 5.92 Å². The standard InChI is InChI=1S/C18H31N5O/c1-22-12-15(10-20-22)23-8-3-4-14(11-23)21-17-6-2-5-16(17)18-13-24-9-7-19-18/h10,12,14,16-19,21H,2-9,11,13H2,1H3. The normalized spacial score (nSPS) is 34.6. The highest BCUT2D eigenvalue weighted by Gasteiger charge is 2.36. The summed E-state index contributed by atoms with van der Waals surface area (Å²) in [5, 5.41) is 12.0. The maximum absolute atomic E-state index is 5.70. The van der Waals surface area contributed by atoms with Crippen LogP contribution in [0.15, 0.2) is 12.4 Å². The van der Waals surface area contributed by atoms with Gasteiger partial charge in [0.05, 0.1) is 25.1 Å². The van der Waals surface area contributed by atoms with Crippen LogP contribution in [0.1, 0.15) is 32.1 Å². The van der Waals surface area contributed by atoms with Gasteiger partial charge in [-0.05, 0) is 31.6 Å². The Morgan fingerprint density at radius 3 is 3.04 bits per heavy atom. The molecule has 24 heavy (non-hydrogen) atoms. The molecule has 0 spiro atoms. The van der Waals surface area contributed by atoms with E-state index in [0.717, 1.165) is 38.8 Å². The zero-order valence-electron chi connectivity index (χ0n) is 14.8. The van der Waals surface area contributed by atoms with Crippen molar-refractivity contribution in [1.82, 2.24) is 20.4 Å². The number of morpholine rings is 1. The Balaban J connectivity index is 1.35. The summed E-state index contributed by atoms with van der Waals surface area (Å²) < 4.78 is 7.60. The van der Waals surface area contributed by atoms with Gasteiger partial charge in [-0.15, -0.1) is 0 Å². The molecule has 4 rings (SSSR count). The van der Waals surface area contributed by atoms with E-state index in [2.05, 4.69) is 26.8 Å². The second-order valence-electron chi connectivity index (χ2n) is 7.66. The Labute approximate surface area is 144 Å². The van der Waals surface area contributed by atoms with Crippen molar-refractivity contribution in [3.05, 3.63) is 12.4 Å². The first-order valence-corrected chi connectivity index (χ1v) is 9.60. The van der Waals surface area contributed by atoms with E-state index in [9.17, 15) is 0 Å². The van der Waals surface area contributed by atoms with Gasteiger partial charge in [0.1, 0.15) is 0 Å². The molecule has 3 heterocycles. The molecule has 0 aromatic carbocycles. The monoisotopic (exact) mass is 333 g/mol. The summed E-state index contributed by atoms with van der Waals surface area (Å²) in [5.41, 5.74) is 1.26. The molecule has 3 aliphatic rings. The van der Waals surface area contributed by atoms with Gasteiger partial charge >= 0.3 is 0 Å². The molecule has 2 saturated heterocycles. The number of nitrogens with zero attached hydrogens (tertiary/aromatic N) is 3. The number of nitrogens with one attached hydrogen (secondary N) is 2. The summed E-state index contributed by atoms with van der Waals surface area (Å²) in [6.07, 6.45) is 10.7. The van der Waals surface area contributed by atoms with Crippen molar-refractivity contribution in [1.29, 1.82) is 0 Å². The lowest BCUT2D eigenvalue weighted by atomic mass is 9.92. The zero-order chi connectivity index (χ0) is 16.4. The first-order valence-electron chi connectivity index (χ1n) is 9.60. The summed E-state index contributed by atoms with van der Waals surface area (Å²) in [4.78, 5) is 2.49. The lowest BCUT2D eigenvalue weighted by Gasteiger charge is -2.38. The van der Waals surface area contributed by atoms with Crippen LogP contribution in [0.2, 0.25) is 0 Å². The van der Waals surface area contributed by atoms with E-state index in [1.807, 2.05) is 17.9 Å². The van der Waals surface area contributed by atoms with E-state index in [4.69, 9.17) is 4.74 Å². The van der Waals surface area contributed by atoms with E-state index in [1.165, 1.54) is 37.8 Å². The fourth-order valence-electron chi connectivity index (χ4n) is 4.76. The molecule has 1 saturated carbocycles. The quantitative estimate of drug-likeness (QED) is 0.865. The maximum Gasteiger partial charge on any atom is 0.0752 e. The van der Waals surface area contributed by atoms with E-state index in [-0.39, 0.29) is 0 Å². The number of hydrogen-bond acceptors (Lipinski definition) is 5. The van der Waals surface area contributed by atoms with Crippen molar-refractivity contribution in [2.24, 2.45) is 13.0 Å². The molecule has 6 nitrogen and oxygen atoms in total. The highest BCUT2D eigenvalue weighted by molar-refractivity contribution is 5.43. The SMILES string of the molecule is Cn1cc(N2CCCC(NC3CCCC3C3COCCN3)C2)cn1. The molecule has 1 aromatic rings. The zero-order valence-corrected chi connectivity index (χ0v) is 14.8. The summed E-state index contributed by atoms with van der Waals surface area (Å²) in [6.45, 7) is 5.00. The summed E-state index contributed by atoms with van der Waals surface area (Å²) in [7, 11) is 1.99. The number of aromatic nitrogens is 2. The van der Waals surface area contributed by atoms with Gasteiger partial charge in [0, 0.05) is 51.0 Å². The van der Waals surface area contributed by atoms with Crippen molar-refractivity contribution in [2.45, 2.75) is 50.2 Å². The van der Waals surface area contributed by atoms with E-state index >= 15 is 0 Å². The Kier molecular flexibility index (Phi) is 5.06. The predicted octanol–water partition coefficient (Wildman–Crippen LogP) is 1.14. The molecule has 134 valence electrons. The van der Waals surface area contributed by atoms with Crippen molar-refractivity contribution < 1.29 is 4.74 Å². The van der Waals surface area contributed by atoms with Crippen LogP contribution in [-0.4, -0.2) is 60.8 Å². The number of hydrogen-bond donors (Lipinski definition) is 2. The summed E-state index contributed by atoms with van der Waals surface area (Å²) in [6, 6.07) is 1.77. The Hall–Kier alpha value is -1.11. The fourth-order valence-corrected chi connectivity index (χ4v) is 4.76. The number of anilines is 1. The van der Waals surface area contributed by atoms with Crippen LogP contribution in [0.3, 0.4) is 0 Å². The van der Waals surface area contributed by atoms with Gasteiger partial charge in [0.2, 0.25) is 0 Å². The van der Waals surface area contributed by atoms with E-state index < -0.39 is 0 Å². The van der Waals surface area contributed by atoms with Crippen LogP contribution in [0.5, 0.6) is 0 Å². The Bertz CT molecular complexity index is 527.